The molecule has 0 amide bonds. The molecule has 16 heavy (non-hydrogen) atoms. The highest BCUT2D eigenvalue weighted by molar-refractivity contribution is 7.09. The van der Waals surface area contributed by atoms with Crippen LogP contribution < -0.4 is 0 Å². The van der Waals surface area contributed by atoms with Gasteiger partial charge < -0.3 is 10.1 Å². The number of nitrogens with zero attached hydrogens (tertiary/aromatic N) is 1. The van der Waals surface area contributed by atoms with Crippen molar-refractivity contribution in [3.63, 3.8) is 0 Å². The van der Waals surface area contributed by atoms with Gasteiger partial charge >= 0.3 is 0 Å². The van der Waals surface area contributed by atoms with E-state index in [9.17, 15) is 5.11 Å². The zero-order chi connectivity index (χ0) is 11.0. The zero-order valence-corrected chi connectivity index (χ0v) is 9.24. The average molecular weight is 230 g/mol. The van der Waals surface area contributed by atoms with Gasteiger partial charge in [0.2, 0.25) is 0 Å². The van der Waals surface area contributed by atoms with Gasteiger partial charge in [-0.25, -0.2) is 4.98 Å². The Morgan fingerprint density at radius 3 is 3.06 bits per heavy atom. The van der Waals surface area contributed by atoms with Gasteiger partial charge in [0.15, 0.2) is 0 Å². The topological polar surface area (TPSA) is 48.9 Å². The Hall–Kier alpha value is -1.65. The van der Waals surface area contributed by atoms with E-state index < -0.39 is 6.10 Å². The number of hydrogen-bond acceptors (Lipinski definition) is 3. The van der Waals surface area contributed by atoms with E-state index in [0.717, 1.165) is 21.5 Å². The summed E-state index contributed by atoms with van der Waals surface area (Å²) in [5.74, 6) is 0. The summed E-state index contributed by atoms with van der Waals surface area (Å²) in [6, 6.07) is 7.87. The lowest BCUT2D eigenvalue weighted by Crippen LogP contribution is -1.98. The van der Waals surface area contributed by atoms with E-state index >= 15 is 0 Å². The van der Waals surface area contributed by atoms with Gasteiger partial charge in [0.05, 0.1) is 0 Å². The van der Waals surface area contributed by atoms with E-state index in [4.69, 9.17) is 0 Å². The number of nitrogens with one attached hydrogen (secondary N) is 1. The Morgan fingerprint density at radius 2 is 2.25 bits per heavy atom. The highest BCUT2D eigenvalue weighted by Gasteiger charge is 2.13. The van der Waals surface area contributed by atoms with E-state index in [2.05, 4.69) is 9.97 Å². The fourth-order valence-electron chi connectivity index (χ4n) is 1.75. The highest BCUT2D eigenvalue weighted by atomic mass is 32.1. The maximum Gasteiger partial charge on any atom is 0.131 e. The quantitative estimate of drug-likeness (QED) is 0.711. The van der Waals surface area contributed by atoms with E-state index in [1.807, 2.05) is 35.8 Å². The van der Waals surface area contributed by atoms with Crippen LogP contribution in [0.15, 0.2) is 42.0 Å². The molecule has 80 valence electrons. The monoisotopic (exact) mass is 230 g/mol. The summed E-state index contributed by atoms with van der Waals surface area (Å²) in [5, 5.41) is 13.8. The molecule has 4 heteroatoms. The summed E-state index contributed by atoms with van der Waals surface area (Å²) in [4.78, 5) is 7.25. The predicted octanol–water partition coefficient (Wildman–Crippen LogP) is 2.71. The molecule has 0 bridgehead atoms. The van der Waals surface area contributed by atoms with Crippen LogP contribution in [0.25, 0.3) is 10.9 Å². The molecule has 0 radical (unpaired) electrons. The van der Waals surface area contributed by atoms with Crippen LogP contribution >= 0.6 is 11.3 Å². The molecule has 1 aromatic carbocycles. The van der Waals surface area contributed by atoms with Gasteiger partial charge in [-0.05, 0) is 29.1 Å². The van der Waals surface area contributed by atoms with Crippen LogP contribution in [0.5, 0.6) is 0 Å². The van der Waals surface area contributed by atoms with E-state index in [0.29, 0.717) is 0 Å². The molecular formula is C12H10N2OS. The number of rotatable bonds is 2. The van der Waals surface area contributed by atoms with Crippen molar-refractivity contribution in [2.75, 3.05) is 0 Å². The Bertz CT molecular complexity index is 600. The fourth-order valence-corrected chi connectivity index (χ4v) is 2.40. The zero-order valence-electron chi connectivity index (χ0n) is 8.42. The molecule has 0 aliphatic carbocycles. The van der Waals surface area contributed by atoms with E-state index in [-0.39, 0.29) is 0 Å². The van der Waals surface area contributed by atoms with Gasteiger partial charge in [-0.15, -0.1) is 11.3 Å². The first-order chi connectivity index (χ1) is 7.84. The van der Waals surface area contributed by atoms with E-state index in [1.165, 1.54) is 11.3 Å². The van der Waals surface area contributed by atoms with Crippen molar-refractivity contribution in [1.29, 1.82) is 0 Å². The first-order valence-corrected chi connectivity index (χ1v) is 5.87. The molecule has 3 aromatic rings. The second-order valence-electron chi connectivity index (χ2n) is 3.60. The number of fused-ring (bicyclic) bond motifs is 1. The first kappa shape index (κ1) is 9.57. The third-order valence-corrected chi connectivity index (χ3v) is 3.41. The molecule has 2 N–H and O–H groups in total. The molecule has 2 aromatic heterocycles. The molecule has 0 aliphatic rings. The van der Waals surface area contributed by atoms with E-state index in [1.54, 1.807) is 6.20 Å². The summed E-state index contributed by atoms with van der Waals surface area (Å²) in [6.07, 6.45) is 2.97. The maximum atomic E-state index is 10.1. The molecule has 0 fully saturated rings. The number of H-pyrrole nitrogens is 1. The maximum absolute atomic E-state index is 10.1. The van der Waals surface area contributed by atoms with Crippen molar-refractivity contribution < 1.29 is 5.11 Å². The third kappa shape index (κ3) is 1.52. The smallest absolute Gasteiger partial charge is 0.131 e. The van der Waals surface area contributed by atoms with Crippen molar-refractivity contribution >= 4 is 22.2 Å². The Labute approximate surface area is 96.4 Å². The van der Waals surface area contributed by atoms with Crippen LogP contribution in [0.1, 0.15) is 16.7 Å². The van der Waals surface area contributed by atoms with Crippen molar-refractivity contribution in [3.05, 3.63) is 52.6 Å². The molecular weight excluding hydrogens is 220 g/mol. The van der Waals surface area contributed by atoms with Gasteiger partial charge in [-0.2, -0.15) is 0 Å². The predicted molar refractivity (Wildman–Crippen MR) is 64.5 cm³/mol. The van der Waals surface area contributed by atoms with Crippen molar-refractivity contribution in [1.82, 2.24) is 9.97 Å². The Balaban J connectivity index is 2.05. The Kier molecular flexibility index (Phi) is 2.23. The number of aromatic nitrogens is 2. The molecule has 3 nitrogen and oxygen atoms in total. The molecule has 1 atom stereocenters. The lowest BCUT2D eigenvalue weighted by Gasteiger charge is -2.07. The van der Waals surface area contributed by atoms with Crippen molar-refractivity contribution in [2.45, 2.75) is 6.10 Å². The standard InChI is InChI=1S/C12H10N2OS/c15-11(12-14-5-6-16-12)9-1-2-10-8(7-9)3-4-13-10/h1-7,11,13,15H. The van der Waals surface area contributed by atoms with Crippen LogP contribution in [0.3, 0.4) is 0 Å². The highest BCUT2D eigenvalue weighted by Crippen LogP contribution is 2.26. The number of hydrogen-bond donors (Lipinski definition) is 2. The van der Waals surface area contributed by atoms with Gasteiger partial charge in [-0.3, -0.25) is 0 Å². The number of aliphatic hydroxyl groups excluding tert-OH is 1. The van der Waals surface area contributed by atoms with Crippen LogP contribution in [0, 0.1) is 0 Å². The molecule has 0 saturated carbocycles. The van der Waals surface area contributed by atoms with Crippen LogP contribution in [0.4, 0.5) is 0 Å². The second kappa shape index (κ2) is 3.73. The van der Waals surface area contributed by atoms with Crippen molar-refractivity contribution in [3.8, 4) is 0 Å². The van der Waals surface area contributed by atoms with Crippen LogP contribution in [-0.2, 0) is 0 Å². The van der Waals surface area contributed by atoms with Crippen LogP contribution in [-0.4, -0.2) is 15.1 Å². The number of thiazole rings is 1. The minimum atomic E-state index is -0.626. The molecule has 0 saturated heterocycles. The van der Waals surface area contributed by atoms with Gasteiger partial charge in [-0.1, -0.05) is 6.07 Å². The molecule has 2 heterocycles. The molecule has 0 aliphatic heterocycles. The second-order valence-corrected chi connectivity index (χ2v) is 4.52. The normalized spacial score (nSPS) is 13.1. The first-order valence-electron chi connectivity index (χ1n) is 4.99. The molecule has 1 unspecified atom stereocenters. The van der Waals surface area contributed by atoms with Crippen LogP contribution in [0.2, 0.25) is 0 Å². The lowest BCUT2D eigenvalue weighted by molar-refractivity contribution is 0.220. The number of aliphatic hydroxyl groups is 1. The van der Waals surface area contributed by atoms with Gasteiger partial charge in [0.25, 0.3) is 0 Å². The minimum Gasteiger partial charge on any atom is -0.381 e. The van der Waals surface area contributed by atoms with Gasteiger partial charge in [0.1, 0.15) is 11.1 Å². The van der Waals surface area contributed by atoms with Gasteiger partial charge in [0, 0.05) is 23.3 Å². The molecule has 0 spiro atoms. The summed E-state index contributed by atoms with van der Waals surface area (Å²) in [7, 11) is 0. The summed E-state index contributed by atoms with van der Waals surface area (Å²) in [5.41, 5.74) is 1.96. The lowest BCUT2D eigenvalue weighted by atomic mass is 10.1. The fraction of sp³-hybridized carbons (Fsp3) is 0.0833. The SMILES string of the molecule is OC(c1ccc2[nH]ccc2c1)c1nccs1. The average Bonchev–Trinajstić information content (AvgIpc) is 2.98. The number of benzene rings is 1. The molecule has 3 rings (SSSR count). The summed E-state index contributed by atoms with van der Waals surface area (Å²) < 4.78 is 0. The Morgan fingerprint density at radius 1 is 1.31 bits per heavy atom. The number of aromatic amines is 1. The van der Waals surface area contributed by atoms with Crippen molar-refractivity contribution in [2.24, 2.45) is 0 Å². The largest absolute Gasteiger partial charge is 0.381 e. The summed E-state index contributed by atoms with van der Waals surface area (Å²) in [6.45, 7) is 0. The third-order valence-electron chi connectivity index (χ3n) is 2.58. The summed E-state index contributed by atoms with van der Waals surface area (Å²) >= 11 is 1.46. The minimum absolute atomic E-state index is 0.626.